The molecule has 1 heterocycles. The molecular weight excluding hydrogens is 369 g/mol. The minimum atomic E-state index is -0.525. The van der Waals surface area contributed by atoms with Crippen LogP contribution in [-0.4, -0.2) is 19.3 Å². The normalized spacial score (nSPS) is 12.1. The van der Waals surface area contributed by atoms with Gasteiger partial charge in [0.15, 0.2) is 29.7 Å². The number of carbonyl (C=O) groups excluding carboxylic acids is 1. The lowest BCUT2D eigenvalue weighted by atomic mass is 10.2. The number of fused-ring (bicyclic) bond motifs is 1. The number of nitrogens with one attached hydrogen (secondary N) is 1. The van der Waals surface area contributed by atoms with Crippen molar-refractivity contribution in [1.82, 2.24) is 5.32 Å². The van der Waals surface area contributed by atoms with Gasteiger partial charge in [-0.15, -0.1) is 0 Å². The van der Waals surface area contributed by atoms with Crippen molar-refractivity contribution in [1.29, 1.82) is 0 Å². The van der Waals surface area contributed by atoms with E-state index in [4.69, 9.17) is 14.2 Å². The van der Waals surface area contributed by atoms with E-state index in [1.165, 1.54) is 12.1 Å². The Bertz CT molecular complexity index is 738. The molecule has 5 nitrogen and oxygen atoms in total. The number of ether oxygens (including phenoxy) is 3. The lowest BCUT2D eigenvalue weighted by molar-refractivity contribution is -0.123. The van der Waals surface area contributed by atoms with E-state index in [-0.39, 0.29) is 25.1 Å². The van der Waals surface area contributed by atoms with Crippen LogP contribution in [0.15, 0.2) is 40.9 Å². The molecule has 2 aromatic rings. The van der Waals surface area contributed by atoms with Gasteiger partial charge in [-0.05, 0) is 35.9 Å². The van der Waals surface area contributed by atoms with Crippen molar-refractivity contribution < 1.29 is 23.4 Å². The second-order valence-electron chi connectivity index (χ2n) is 4.83. The van der Waals surface area contributed by atoms with Gasteiger partial charge in [-0.2, -0.15) is 0 Å². The third-order valence-electron chi connectivity index (χ3n) is 3.18. The fourth-order valence-corrected chi connectivity index (χ4v) is 2.37. The molecule has 120 valence electrons. The number of hydrogen-bond donors (Lipinski definition) is 1. The van der Waals surface area contributed by atoms with Crippen LogP contribution in [0, 0.1) is 5.82 Å². The molecule has 1 amide bonds. The molecule has 1 N–H and O–H groups in total. The average molecular weight is 382 g/mol. The molecule has 3 rings (SSSR count). The first-order chi connectivity index (χ1) is 11.1. The van der Waals surface area contributed by atoms with E-state index < -0.39 is 5.82 Å². The predicted molar refractivity (Wildman–Crippen MR) is 84.0 cm³/mol. The third kappa shape index (κ3) is 3.92. The van der Waals surface area contributed by atoms with E-state index in [0.29, 0.717) is 22.5 Å². The van der Waals surface area contributed by atoms with Gasteiger partial charge in [0.25, 0.3) is 5.91 Å². The topological polar surface area (TPSA) is 56.8 Å². The zero-order valence-corrected chi connectivity index (χ0v) is 13.6. The minimum Gasteiger partial charge on any atom is -0.481 e. The largest absolute Gasteiger partial charge is 0.481 e. The van der Waals surface area contributed by atoms with Gasteiger partial charge in [0, 0.05) is 11.0 Å². The Hall–Kier alpha value is -2.28. The average Bonchev–Trinajstić information content (AvgIpc) is 2.99. The molecule has 0 aliphatic carbocycles. The molecule has 0 unspecified atom stereocenters. The Morgan fingerprint density at radius 2 is 2.04 bits per heavy atom. The molecule has 0 fully saturated rings. The van der Waals surface area contributed by atoms with Crippen molar-refractivity contribution >= 4 is 21.8 Å². The van der Waals surface area contributed by atoms with E-state index in [9.17, 15) is 9.18 Å². The highest BCUT2D eigenvalue weighted by atomic mass is 79.9. The number of rotatable bonds is 5. The highest BCUT2D eigenvalue weighted by Crippen LogP contribution is 2.32. The quantitative estimate of drug-likeness (QED) is 0.864. The summed E-state index contributed by atoms with van der Waals surface area (Å²) in [6, 6.07) is 9.81. The predicted octanol–water partition coefficient (Wildman–Crippen LogP) is 3.01. The Morgan fingerprint density at radius 1 is 1.22 bits per heavy atom. The molecule has 0 bridgehead atoms. The van der Waals surface area contributed by atoms with Crippen LogP contribution in [0.3, 0.4) is 0 Å². The maximum Gasteiger partial charge on any atom is 0.258 e. The monoisotopic (exact) mass is 381 g/mol. The molecule has 0 spiro atoms. The van der Waals surface area contributed by atoms with Crippen molar-refractivity contribution in [3.05, 3.63) is 52.3 Å². The lowest BCUT2D eigenvalue weighted by Gasteiger charge is -2.09. The zero-order chi connectivity index (χ0) is 16.2. The Balaban J connectivity index is 1.50. The molecule has 7 heteroatoms. The third-order valence-corrected chi connectivity index (χ3v) is 3.67. The van der Waals surface area contributed by atoms with Crippen LogP contribution in [0.1, 0.15) is 5.56 Å². The van der Waals surface area contributed by atoms with Crippen molar-refractivity contribution in [3.63, 3.8) is 0 Å². The summed E-state index contributed by atoms with van der Waals surface area (Å²) in [5, 5.41) is 2.70. The number of amides is 1. The maximum absolute atomic E-state index is 13.6. The Kier molecular flexibility index (Phi) is 4.66. The second kappa shape index (κ2) is 6.87. The van der Waals surface area contributed by atoms with E-state index in [1.807, 2.05) is 6.07 Å². The van der Waals surface area contributed by atoms with E-state index in [0.717, 1.165) is 5.56 Å². The van der Waals surface area contributed by atoms with Crippen LogP contribution in [0.5, 0.6) is 17.2 Å². The number of hydrogen-bond acceptors (Lipinski definition) is 4. The van der Waals surface area contributed by atoms with E-state index >= 15 is 0 Å². The van der Waals surface area contributed by atoms with Crippen molar-refractivity contribution in [3.8, 4) is 17.2 Å². The maximum atomic E-state index is 13.6. The molecule has 1 aliphatic rings. The smallest absolute Gasteiger partial charge is 0.258 e. The molecule has 0 atom stereocenters. The molecule has 0 saturated heterocycles. The van der Waals surface area contributed by atoms with Crippen molar-refractivity contribution in [2.24, 2.45) is 0 Å². The van der Waals surface area contributed by atoms with Gasteiger partial charge in [-0.3, -0.25) is 4.79 Å². The molecule has 0 aromatic heterocycles. The van der Waals surface area contributed by atoms with Gasteiger partial charge >= 0.3 is 0 Å². The van der Waals surface area contributed by atoms with Crippen LogP contribution in [0.25, 0.3) is 0 Å². The first kappa shape index (κ1) is 15.6. The summed E-state index contributed by atoms with van der Waals surface area (Å²) in [6.45, 7) is 0.266. The number of halogens is 2. The molecule has 1 aliphatic heterocycles. The minimum absolute atomic E-state index is 0.0337. The summed E-state index contributed by atoms with van der Waals surface area (Å²) in [7, 11) is 0. The molecular formula is C16H13BrFNO4. The summed E-state index contributed by atoms with van der Waals surface area (Å²) in [5.74, 6) is 0.512. The van der Waals surface area contributed by atoms with Gasteiger partial charge in [-0.1, -0.05) is 22.0 Å². The van der Waals surface area contributed by atoms with Crippen LogP contribution in [0.2, 0.25) is 0 Å². The fraction of sp³-hybridized carbons (Fsp3) is 0.188. The summed E-state index contributed by atoms with van der Waals surface area (Å²) < 4.78 is 29.8. The molecule has 23 heavy (non-hydrogen) atoms. The van der Waals surface area contributed by atoms with Gasteiger partial charge in [0.2, 0.25) is 6.79 Å². The van der Waals surface area contributed by atoms with Gasteiger partial charge < -0.3 is 19.5 Å². The van der Waals surface area contributed by atoms with Crippen molar-refractivity contribution in [2.45, 2.75) is 6.54 Å². The number of benzene rings is 2. The van der Waals surface area contributed by atoms with Crippen LogP contribution >= 0.6 is 15.9 Å². The fourth-order valence-electron chi connectivity index (χ4n) is 2.04. The van der Waals surface area contributed by atoms with Gasteiger partial charge in [0.1, 0.15) is 0 Å². The van der Waals surface area contributed by atoms with Gasteiger partial charge in [0.05, 0.1) is 0 Å². The summed E-state index contributed by atoms with van der Waals surface area (Å²) in [4.78, 5) is 11.8. The van der Waals surface area contributed by atoms with Gasteiger partial charge in [-0.25, -0.2) is 4.39 Å². The Labute approximate surface area is 140 Å². The molecule has 0 radical (unpaired) electrons. The van der Waals surface area contributed by atoms with E-state index in [2.05, 4.69) is 21.2 Å². The lowest BCUT2D eigenvalue weighted by Crippen LogP contribution is -2.28. The molecule has 2 aromatic carbocycles. The first-order valence-electron chi connectivity index (χ1n) is 6.85. The zero-order valence-electron chi connectivity index (χ0n) is 12.0. The summed E-state index contributed by atoms with van der Waals surface area (Å²) in [6.07, 6.45) is 0. The highest BCUT2D eigenvalue weighted by molar-refractivity contribution is 9.10. The van der Waals surface area contributed by atoms with E-state index in [1.54, 1.807) is 18.2 Å². The SMILES string of the molecule is O=C(COc1ccc(Br)cc1F)NCc1ccc2c(c1)OCO2. The van der Waals surface area contributed by atoms with Crippen LogP contribution in [-0.2, 0) is 11.3 Å². The molecule has 0 saturated carbocycles. The van der Waals surface area contributed by atoms with Crippen LogP contribution in [0.4, 0.5) is 4.39 Å². The second-order valence-corrected chi connectivity index (χ2v) is 5.74. The highest BCUT2D eigenvalue weighted by Gasteiger charge is 2.13. The standard InChI is InChI=1S/C16H13BrFNO4/c17-11-2-4-13(12(18)6-11)21-8-16(20)19-7-10-1-3-14-15(5-10)23-9-22-14/h1-6H,7-9H2,(H,19,20). The van der Waals surface area contributed by atoms with Crippen LogP contribution < -0.4 is 19.5 Å². The number of carbonyl (C=O) groups is 1. The Morgan fingerprint density at radius 3 is 2.87 bits per heavy atom. The summed E-state index contributed by atoms with van der Waals surface area (Å²) in [5.41, 5.74) is 0.873. The van der Waals surface area contributed by atoms with Crippen molar-refractivity contribution in [2.75, 3.05) is 13.4 Å². The summed E-state index contributed by atoms with van der Waals surface area (Å²) >= 11 is 3.15. The first-order valence-corrected chi connectivity index (χ1v) is 7.64.